The number of H-pyrrole nitrogens is 1. The molecule has 0 unspecified atom stereocenters. The van der Waals surface area contributed by atoms with E-state index in [-0.39, 0.29) is 11.9 Å². The maximum Gasteiger partial charge on any atom is 0.490 e. The van der Waals surface area contributed by atoms with Gasteiger partial charge in [0.05, 0.1) is 17.2 Å². The third-order valence-electron chi connectivity index (χ3n) is 6.00. The average Bonchev–Trinajstić information content (AvgIpc) is 3.33. The third kappa shape index (κ3) is 8.84. The number of fused-ring (bicyclic) bond motifs is 1. The van der Waals surface area contributed by atoms with Crippen molar-refractivity contribution in [2.75, 3.05) is 6.54 Å². The number of halogens is 4. The summed E-state index contributed by atoms with van der Waals surface area (Å²) in [7, 11) is 0. The number of carboxylic acid groups (broad SMARTS) is 1. The Morgan fingerprint density at radius 3 is 2.35 bits per heavy atom. The Hall–Kier alpha value is -3.86. The molecule has 40 heavy (non-hydrogen) atoms. The average molecular weight is 576 g/mol. The van der Waals surface area contributed by atoms with Gasteiger partial charge in [-0.25, -0.2) is 4.79 Å². The number of rotatable bonds is 9. The van der Waals surface area contributed by atoms with Gasteiger partial charge in [-0.2, -0.15) is 13.2 Å². The Morgan fingerprint density at radius 1 is 1.02 bits per heavy atom. The summed E-state index contributed by atoms with van der Waals surface area (Å²) >= 11 is 6.02. The Bertz CT molecular complexity index is 1430. The van der Waals surface area contributed by atoms with Gasteiger partial charge in [0.2, 0.25) is 0 Å². The molecule has 0 fully saturated rings. The first kappa shape index (κ1) is 30.7. The lowest BCUT2D eigenvalue weighted by atomic mass is 10.0. The molecule has 0 aliphatic heterocycles. The molecule has 4 rings (SSSR count). The van der Waals surface area contributed by atoms with Crippen molar-refractivity contribution < 1.29 is 33.0 Å². The number of carbonyl (C=O) groups is 2. The molecule has 7 nitrogen and oxygen atoms in total. The minimum atomic E-state index is -5.08. The smallest absolute Gasteiger partial charge is 0.475 e. The van der Waals surface area contributed by atoms with Gasteiger partial charge in [0.25, 0.3) is 5.91 Å². The van der Waals surface area contributed by atoms with Gasteiger partial charge in [0.15, 0.2) is 0 Å². The number of para-hydroxylation sites is 1. The normalized spacial score (nSPS) is 12.8. The number of carbonyl (C=O) groups excluding carboxylic acids is 1. The van der Waals surface area contributed by atoms with E-state index in [9.17, 15) is 23.1 Å². The topological polar surface area (TPSA) is 114 Å². The molecule has 0 bridgehead atoms. The van der Waals surface area contributed by atoms with Gasteiger partial charge in [-0.15, -0.1) is 0 Å². The van der Waals surface area contributed by atoms with E-state index in [1.54, 1.807) is 12.1 Å². The Labute approximate surface area is 234 Å². The summed E-state index contributed by atoms with van der Waals surface area (Å²) in [5, 5.41) is 25.6. The van der Waals surface area contributed by atoms with Gasteiger partial charge in [-0.3, -0.25) is 4.79 Å². The first-order valence-corrected chi connectivity index (χ1v) is 12.7. The number of aromatic amines is 1. The molecule has 212 valence electrons. The second-order valence-corrected chi connectivity index (χ2v) is 9.53. The Morgan fingerprint density at radius 2 is 1.70 bits per heavy atom. The molecule has 0 saturated heterocycles. The van der Waals surface area contributed by atoms with E-state index in [1.807, 2.05) is 66.9 Å². The highest BCUT2D eigenvalue weighted by Gasteiger charge is 2.38. The second-order valence-electron chi connectivity index (χ2n) is 9.10. The molecule has 1 amide bonds. The molecule has 3 aromatic carbocycles. The highest BCUT2D eigenvalue weighted by molar-refractivity contribution is 6.30. The van der Waals surface area contributed by atoms with Crippen LogP contribution in [0.2, 0.25) is 5.02 Å². The predicted molar refractivity (Wildman–Crippen MR) is 147 cm³/mol. The van der Waals surface area contributed by atoms with Crippen LogP contribution < -0.4 is 10.6 Å². The van der Waals surface area contributed by atoms with Crippen LogP contribution in [0.1, 0.15) is 40.1 Å². The Balaban J connectivity index is 0.000000559. The molecule has 11 heteroatoms. The lowest BCUT2D eigenvalue weighted by molar-refractivity contribution is -0.192. The van der Waals surface area contributed by atoms with Gasteiger partial charge in [0.1, 0.15) is 0 Å². The lowest BCUT2D eigenvalue weighted by Gasteiger charge is -2.17. The fraction of sp³-hybridized carbons (Fsp3) is 0.241. The number of benzene rings is 3. The molecule has 0 saturated carbocycles. The molecule has 0 spiro atoms. The quantitative estimate of drug-likeness (QED) is 0.177. The third-order valence-corrected chi connectivity index (χ3v) is 6.24. The van der Waals surface area contributed by atoms with E-state index in [2.05, 4.69) is 22.5 Å². The standard InChI is InChI=1S/C27H28ClN3O2.C2HF3O2/c1-18(29-17-25(32)20-9-5-10-22(28)14-20)13-21-16-30-26-23(21)11-6-12-24(26)27(33)31-15-19-7-3-2-4-8-19;3-2(4,5)1(6)7/h2-12,14,16,18,25,29-30,32H,13,15,17H2,1H3,(H,31,33);(H,6,7)/t18-,25+;/m1./s1. The number of aliphatic carboxylic acids is 1. The summed E-state index contributed by atoms with van der Waals surface area (Å²) in [4.78, 5) is 25.0. The summed E-state index contributed by atoms with van der Waals surface area (Å²) < 4.78 is 31.7. The van der Waals surface area contributed by atoms with Crippen LogP contribution in [-0.4, -0.2) is 45.8 Å². The number of aliphatic hydroxyl groups excluding tert-OH is 1. The molecular weight excluding hydrogens is 547 g/mol. The molecule has 0 radical (unpaired) electrons. The Kier molecular flexibility index (Phi) is 10.7. The van der Waals surface area contributed by atoms with Crippen molar-refractivity contribution in [3.05, 3.63) is 106 Å². The van der Waals surface area contributed by atoms with Crippen LogP contribution in [0.5, 0.6) is 0 Å². The summed E-state index contributed by atoms with van der Waals surface area (Å²) in [5.41, 5.74) is 4.45. The minimum Gasteiger partial charge on any atom is -0.475 e. The number of aromatic nitrogens is 1. The van der Waals surface area contributed by atoms with Crippen LogP contribution in [0.25, 0.3) is 10.9 Å². The van der Waals surface area contributed by atoms with Crippen molar-refractivity contribution in [3.63, 3.8) is 0 Å². The number of alkyl halides is 3. The van der Waals surface area contributed by atoms with Crippen molar-refractivity contribution in [3.8, 4) is 0 Å². The van der Waals surface area contributed by atoms with Crippen LogP contribution in [0.15, 0.2) is 79.0 Å². The van der Waals surface area contributed by atoms with Gasteiger partial charge >= 0.3 is 12.1 Å². The highest BCUT2D eigenvalue weighted by atomic mass is 35.5. The maximum atomic E-state index is 12.8. The van der Waals surface area contributed by atoms with Crippen molar-refractivity contribution in [2.45, 2.75) is 38.2 Å². The molecule has 0 aliphatic rings. The van der Waals surface area contributed by atoms with E-state index >= 15 is 0 Å². The number of amides is 1. The lowest BCUT2D eigenvalue weighted by Crippen LogP contribution is -2.32. The summed E-state index contributed by atoms with van der Waals surface area (Å²) in [6, 6.07) is 23.1. The van der Waals surface area contributed by atoms with E-state index < -0.39 is 18.2 Å². The van der Waals surface area contributed by atoms with Gasteiger partial charge < -0.3 is 25.8 Å². The number of aliphatic hydroxyl groups is 1. The van der Waals surface area contributed by atoms with Crippen LogP contribution in [-0.2, 0) is 17.8 Å². The van der Waals surface area contributed by atoms with Gasteiger partial charge in [0, 0.05) is 35.7 Å². The molecule has 1 aromatic heterocycles. The van der Waals surface area contributed by atoms with Crippen molar-refractivity contribution in [1.82, 2.24) is 15.6 Å². The largest absolute Gasteiger partial charge is 0.490 e. The van der Waals surface area contributed by atoms with Gasteiger partial charge in [-0.1, -0.05) is 66.2 Å². The summed E-state index contributed by atoms with van der Waals surface area (Å²) in [5.74, 6) is -2.86. The van der Waals surface area contributed by atoms with Crippen LogP contribution in [0.3, 0.4) is 0 Å². The molecule has 2 atom stereocenters. The van der Waals surface area contributed by atoms with Gasteiger partial charge in [-0.05, 0) is 48.2 Å². The number of hydrogen-bond acceptors (Lipinski definition) is 4. The molecular formula is C29H29ClF3N3O4. The first-order valence-electron chi connectivity index (χ1n) is 12.3. The molecule has 0 aliphatic carbocycles. The maximum absolute atomic E-state index is 12.8. The number of hydrogen-bond donors (Lipinski definition) is 5. The van der Waals surface area contributed by atoms with E-state index in [0.29, 0.717) is 23.7 Å². The second kappa shape index (κ2) is 14.0. The van der Waals surface area contributed by atoms with Crippen LogP contribution in [0.4, 0.5) is 13.2 Å². The fourth-order valence-corrected chi connectivity index (χ4v) is 4.19. The monoisotopic (exact) mass is 575 g/mol. The molecule has 4 aromatic rings. The SMILES string of the molecule is C[C@H](Cc1c[nH]c2c(C(=O)NCc3ccccc3)cccc12)NC[C@H](O)c1cccc(Cl)c1.O=C(O)C(F)(F)F. The molecule has 5 N–H and O–H groups in total. The molecule has 1 heterocycles. The fourth-order valence-electron chi connectivity index (χ4n) is 3.99. The zero-order chi connectivity index (χ0) is 29.3. The first-order chi connectivity index (χ1) is 19.0. The minimum absolute atomic E-state index is 0.103. The van der Waals surface area contributed by atoms with E-state index in [4.69, 9.17) is 21.5 Å². The zero-order valence-electron chi connectivity index (χ0n) is 21.5. The number of carboxylic acids is 1. The van der Waals surface area contributed by atoms with E-state index in [1.165, 1.54) is 0 Å². The number of nitrogens with one attached hydrogen (secondary N) is 3. The summed E-state index contributed by atoms with van der Waals surface area (Å²) in [6.07, 6.45) is -2.99. The van der Waals surface area contributed by atoms with Crippen molar-refractivity contribution in [1.29, 1.82) is 0 Å². The zero-order valence-corrected chi connectivity index (χ0v) is 22.3. The van der Waals surface area contributed by atoms with Crippen molar-refractivity contribution >= 4 is 34.4 Å². The van der Waals surface area contributed by atoms with Crippen LogP contribution in [0, 0.1) is 0 Å². The van der Waals surface area contributed by atoms with E-state index in [0.717, 1.165) is 34.0 Å². The summed E-state index contributed by atoms with van der Waals surface area (Å²) in [6.45, 7) is 3.00. The highest BCUT2D eigenvalue weighted by Crippen LogP contribution is 2.24. The van der Waals surface area contributed by atoms with Crippen molar-refractivity contribution in [2.24, 2.45) is 0 Å². The van der Waals surface area contributed by atoms with Crippen LogP contribution >= 0.6 is 11.6 Å². The predicted octanol–water partition coefficient (Wildman–Crippen LogP) is 5.64.